The average molecular weight is 318 g/mol. The van der Waals surface area contributed by atoms with E-state index in [-0.39, 0.29) is 0 Å². The van der Waals surface area contributed by atoms with Crippen molar-refractivity contribution in [2.24, 2.45) is 5.73 Å². The highest BCUT2D eigenvalue weighted by molar-refractivity contribution is 9.10. The predicted octanol–water partition coefficient (Wildman–Crippen LogP) is 3.12. The van der Waals surface area contributed by atoms with Gasteiger partial charge in [-0.2, -0.15) is 0 Å². The van der Waals surface area contributed by atoms with Crippen molar-refractivity contribution < 1.29 is 9.90 Å². The van der Waals surface area contributed by atoms with Crippen molar-refractivity contribution in [2.75, 3.05) is 5.75 Å². The standard InChI is InChI=1S/C12H16BrNO2S/c1-12(14,11(15)16)6-3-7-17-10-5-2-4-9(13)8-10/h2,4-5,8H,3,6-7,14H2,1H3,(H,15,16). The number of halogens is 1. The van der Waals surface area contributed by atoms with E-state index < -0.39 is 11.5 Å². The molecule has 0 amide bonds. The van der Waals surface area contributed by atoms with Crippen LogP contribution in [0, 0.1) is 0 Å². The molecule has 0 heterocycles. The second-order valence-electron chi connectivity index (χ2n) is 4.13. The third kappa shape index (κ3) is 5.10. The van der Waals surface area contributed by atoms with Gasteiger partial charge in [-0.05, 0) is 43.7 Å². The minimum absolute atomic E-state index is 0.489. The molecule has 5 heteroatoms. The number of rotatable bonds is 6. The Kier molecular flexibility index (Phi) is 5.49. The second kappa shape index (κ2) is 6.42. The molecule has 17 heavy (non-hydrogen) atoms. The Labute approximate surface area is 114 Å². The zero-order chi connectivity index (χ0) is 12.9. The van der Waals surface area contributed by atoms with Gasteiger partial charge < -0.3 is 10.8 Å². The van der Waals surface area contributed by atoms with E-state index in [2.05, 4.69) is 15.9 Å². The first-order valence-electron chi connectivity index (χ1n) is 5.32. The molecule has 0 spiro atoms. The van der Waals surface area contributed by atoms with Crippen molar-refractivity contribution in [3.05, 3.63) is 28.7 Å². The van der Waals surface area contributed by atoms with Gasteiger partial charge in [0.25, 0.3) is 0 Å². The summed E-state index contributed by atoms with van der Waals surface area (Å²) >= 11 is 5.12. The molecule has 3 N–H and O–H groups in total. The van der Waals surface area contributed by atoms with E-state index in [1.165, 1.54) is 4.90 Å². The van der Waals surface area contributed by atoms with Crippen LogP contribution in [-0.2, 0) is 4.79 Å². The van der Waals surface area contributed by atoms with E-state index in [0.29, 0.717) is 6.42 Å². The van der Waals surface area contributed by atoms with Crippen LogP contribution in [0.5, 0.6) is 0 Å². The minimum Gasteiger partial charge on any atom is -0.480 e. The number of carboxylic acids is 1. The maximum absolute atomic E-state index is 10.8. The lowest BCUT2D eigenvalue weighted by Gasteiger charge is -2.18. The van der Waals surface area contributed by atoms with Crippen molar-refractivity contribution >= 4 is 33.7 Å². The first kappa shape index (κ1) is 14.5. The van der Waals surface area contributed by atoms with Crippen molar-refractivity contribution in [3.63, 3.8) is 0 Å². The predicted molar refractivity (Wildman–Crippen MR) is 74.3 cm³/mol. The Bertz CT molecular complexity index is 396. The molecule has 0 fully saturated rings. The molecule has 0 aliphatic rings. The van der Waals surface area contributed by atoms with E-state index in [1.807, 2.05) is 24.3 Å². The zero-order valence-electron chi connectivity index (χ0n) is 9.65. The maximum Gasteiger partial charge on any atom is 0.323 e. The molecule has 1 aromatic carbocycles. The van der Waals surface area contributed by atoms with Crippen LogP contribution in [0.25, 0.3) is 0 Å². The van der Waals surface area contributed by atoms with Gasteiger partial charge in [0.05, 0.1) is 0 Å². The average Bonchev–Trinajstić information content (AvgIpc) is 2.24. The van der Waals surface area contributed by atoms with E-state index in [4.69, 9.17) is 10.8 Å². The van der Waals surface area contributed by atoms with Crippen LogP contribution >= 0.6 is 27.7 Å². The van der Waals surface area contributed by atoms with Crippen LogP contribution < -0.4 is 5.73 Å². The molecule has 1 rings (SSSR count). The van der Waals surface area contributed by atoms with E-state index in [1.54, 1.807) is 18.7 Å². The van der Waals surface area contributed by atoms with Gasteiger partial charge in [-0.1, -0.05) is 22.0 Å². The summed E-state index contributed by atoms with van der Waals surface area (Å²) in [5.41, 5.74) is 4.53. The van der Waals surface area contributed by atoms with Gasteiger partial charge in [0, 0.05) is 9.37 Å². The topological polar surface area (TPSA) is 63.3 Å². The fourth-order valence-electron chi connectivity index (χ4n) is 1.29. The molecule has 0 aromatic heterocycles. The van der Waals surface area contributed by atoms with Crippen molar-refractivity contribution in [2.45, 2.75) is 30.2 Å². The second-order valence-corrected chi connectivity index (χ2v) is 6.22. The Morgan fingerprint density at radius 3 is 2.88 bits per heavy atom. The van der Waals surface area contributed by atoms with Crippen LogP contribution in [0.15, 0.2) is 33.6 Å². The number of hydrogen-bond acceptors (Lipinski definition) is 3. The fourth-order valence-corrected chi connectivity index (χ4v) is 2.75. The van der Waals surface area contributed by atoms with Crippen LogP contribution in [0.3, 0.4) is 0 Å². The fraction of sp³-hybridized carbons (Fsp3) is 0.417. The van der Waals surface area contributed by atoms with E-state index >= 15 is 0 Å². The number of thioether (sulfide) groups is 1. The van der Waals surface area contributed by atoms with Crippen molar-refractivity contribution in [1.29, 1.82) is 0 Å². The molecule has 1 unspecified atom stereocenters. The molecule has 0 aliphatic heterocycles. The van der Waals surface area contributed by atoms with Crippen LogP contribution in [0.2, 0.25) is 0 Å². The molecular formula is C12H16BrNO2S. The number of aliphatic carboxylic acids is 1. The normalized spacial score (nSPS) is 14.3. The molecule has 3 nitrogen and oxygen atoms in total. The molecular weight excluding hydrogens is 302 g/mol. The molecule has 0 saturated heterocycles. The summed E-state index contributed by atoms with van der Waals surface area (Å²) in [7, 11) is 0. The largest absolute Gasteiger partial charge is 0.480 e. The van der Waals surface area contributed by atoms with Gasteiger partial charge in [-0.3, -0.25) is 4.79 Å². The third-order valence-electron chi connectivity index (χ3n) is 2.39. The van der Waals surface area contributed by atoms with Crippen LogP contribution in [0.4, 0.5) is 0 Å². The lowest BCUT2D eigenvalue weighted by Crippen LogP contribution is -2.44. The summed E-state index contributed by atoms with van der Waals surface area (Å²) in [6.45, 7) is 1.55. The highest BCUT2D eigenvalue weighted by Crippen LogP contribution is 2.23. The van der Waals surface area contributed by atoms with Gasteiger partial charge in [-0.15, -0.1) is 11.8 Å². The summed E-state index contributed by atoms with van der Waals surface area (Å²) in [5, 5.41) is 8.86. The summed E-state index contributed by atoms with van der Waals surface area (Å²) in [4.78, 5) is 12.0. The van der Waals surface area contributed by atoms with Gasteiger partial charge in [0.1, 0.15) is 5.54 Å². The van der Waals surface area contributed by atoms with E-state index in [9.17, 15) is 4.79 Å². The number of carbonyl (C=O) groups is 1. The molecule has 0 saturated carbocycles. The first-order valence-corrected chi connectivity index (χ1v) is 7.10. The van der Waals surface area contributed by atoms with Crippen LogP contribution in [0.1, 0.15) is 19.8 Å². The summed E-state index contributed by atoms with van der Waals surface area (Å²) in [6, 6.07) is 8.04. The van der Waals surface area contributed by atoms with Gasteiger partial charge in [0.2, 0.25) is 0 Å². The smallest absolute Gasteiger partial charge is 0.323 e. The Morgan fingerprint density at radius 2 is 2.29 bits per heavy atom. The lowest BCUT2D eigenvalue weighted by molar-refractivity contribution is -0.142. The van der Waals surface area contributed by atoms with Gasteiger partial charge >= 0.3 is 5.97 Å². The van der Waals surface area contributed by atoms with Crippen molar-refractivity contribution in [3.8, 4) is 0 Å². The number of nitrogens with two attached hydrogens (primary N) is 1. The number of hydrogen-bond donors (Lipinski definition) is 2. The maximum atomic E-state index is 10.8. The van der Waals surface area contributed by atoms with Crippen LogP contribution in [-0.4, -0.2) is 22.4 Å². The monoisotopic (exact) mass is 317 g/mol. The Hall–Kier alpha value is -0.520. The SMILES string of the molecule is CC(N)(CCCSc1cccc(Br)c1)C(=O)O. The first-order chi connectivity index (χ1) is 7.92. The lowest BCUT2D eigenvalue weighted by atomic mass is 9.98. The summed E-state index contributed by atoms with van der Waals surface area (Å²) in [5.74, 6) is -0.0683. The van der Waals surface area contributed by atoms with E-state index in [0.717, 1.165) is 16.6 Å². The highest BCUT2D eigenvalue weighted by Gasteiger charge is 2.26. The van der Waals surface area contributed by atoms with Crippen molar-refractivity contribution in [1.82, 2.24) is 0 Å². The molecule has 1 aromatic rings. The number of benzene rings is 1. The molecule has 94 valence electrons. The molecule has 0 radical (unpaired) electrons. The Morgan fingerprint density at radius 1 is 1.59 bits per heavy atom. The van der Waals surface area contributed by atoms with Gasteiger partial charge in [-0.25, -0.2) is 0 Å². The molecule has 1 atom stereocenters. The quantitative estimate of drug-likeness (QED) is 0.625. The summed E-state index contributed by atoms with van der Waals surface area (Å²) < 4.78 is 1.05. The molecule has 0 bridgehead atoms. The number of carboxylic acid groups (broad SMARTS) is 1. The highest BCUT2D eigenvalue weighted by atomic mass is 79.9. The summed E-state index contributed by atoms with van der Waals surface area (Å²) in [6.07, 6.45) is 1.28. The Balaban J connectivity index is 2.32. The third-order valence-corrected chi connectivity index (χ3v) is 3.97. The van der Waals surface area contributed by atoms with Gasteiger partial charge in [0.15, 0.2) is 0 Å². The minimum atomic E-state index is -1.11. The zero-order valence-corrected chi connectivity index (χ0v) is 12.1. The molecule has 0 aliphatic carbocycles.